The number of allylic oxidation sites excluding steroid dienone is 4. The minimum Gasteiger partial charge on any atom is -0.346 e. The number of aromatic amines is 1. The Morgan fingerprint density at radius 2 is 2.15 bits per heavy atom. The summed E-state index contributed by atoms with van der Waals surface area (Å²) in [5, 5.41) is 2.04. The summed E-state index contributed by atoms with van der Waals surface area (Å²) in [5.74, 6) is 0.695. The first kappa shape index (κ1) is 16.7. The van der Waals surface area contributed by atoms with Gasteiger partial charge in [0, 0.05) is 37.5 Å². The second-order valence-corrected chi connectivity index (χ2v) is 6.82. The zero-order chi connectivity index (χ0) is 18.1. The first-order valence-corrected chi connectivity index (χ1v) is 8.79. The highest BCUT2D eigenvalue weighted by Crippen LogP contribution is 2.28. The van der Waals surface area contributed by atoms with Crippen LogP contribution in [-0.4, -0.2) is 46.3 Å². The summed E-state index contributed by atoms with van der Waals surface area (Å²) >= 11 is 0. The number of rotatable bonds is 3. The van der Waals surface area contributed by atoms with E-state index in [4.69, 9.17) is 4.98 Å². The zero-order valence-corrected chi connectivity index (χ0v) is 15.0. The molecule has 5 nitrogen and oxygen atoms in total. The highest BCUT2D eigenvalue weighted by Gasteiger charge is 2.17. The van der Waals surface area contributed by atoms with E-state index in [1.54, 1.807) is 6.08 Å². The van der Waals surface area contributed by atoms with E-state index in [1.165, 1.54) is 11.6 Å². The maximum absolute atomic E-state index is 13.4. The average molecular weight is 351 g/mol. The Kier molecular flexibility index (Phi) is 4.42. The molecular weight excluding hydrogens is 329 g/mol. The number of hydrogen-bond donors (Lipinski definition) is 1. The number of imidazole rings is 1. The van der Waals surface area contributed by atoms with Crippen molar-refractivity contribution in [2.45, 2.75) is 19.4 Å². The predicted molar refractivity (Wildman–Crippen MR) is 102 cm³/mol. The molecule has 26 heavy (non-hydrogen) atoms. The number of hydrogen-bond acceptors (Lipinski definition) is 3. The summed E-state index contributed by atoms with van der Waals surface area (Å²) in [5.41, 5.74) is 3.36. The van der Waals surface area contributed by atoms with Crippen molar-refractivity contribution in [1.82, 2.24) is 19.4 Å². The van der Waals surface area contributed by atoms with E-state index in [9.17, 15) is 4.39 Å². The summed E-state index contributed by atoms with van der Waals surface area (Å²) < 4.78 is 15.6. The minimum absolute atomic E-state index is 0.187. The van der Waals surface area contributed by atoms with E-state index in [2.05, 4.69) is 39.6 Å². The van der Waals surface area contributed by atoms with Crippen LogP contribution in [0.15, 0.2) is 47.6 Å². The zero-order valence-electron chi connectivity index (χ0n) is 15.0. The van der Waals surface area contributed by atoms with Gasteiger partial charge in [-0.2, -0.15) is 0 Å². The molecule has 0 saturated heterocycles. The molecule has 0 radical (unpaired) electrons. The summed E-state index contributed by atoms with van der Waals surface area (Å²) in [6.07, 6.45) is 12.0. The Hall–Kier alpha value is -2.73. The Bertz CT molecular complexity index is 1030. The van der Waals surface area contributed by atoms with Gasteiger partial charge in [-0.25, -0.2) is 14.4 Å². The fraction of sp³-hybridized carbons (Fsp3) is 0.300. The molecule has 134 valence electrons. The minimum atomic E-state index is -0.187. The van der Waals surface area contributed by atoms with Crippen molar-refractivity contribution in [2.75, 3.05) is 20.6 Å². The molecular formula is C20H22FN5. The number of fused-ring (bicyclic) bond motifs is 1. The van der Waals surface area contributed by atoms with E-state index in [1.807, 2.05) is 24.8 Å². The van der Waals surface area contributed by atoms with Crippen molar-refractivity contribution in [3.05, 3.63) is 58.9 Å². The topological polar surface area (TPSA) is 49.2 Å². The van der Waals surface area contributed by atoms with Gasteiger partial charge < -0.3 is 14.5 Å². The molecule has 2 aromatic heterocycles. The van der Waals surface area contributed by atoms with E-state index in [-0.39, 0.29) is 5.83 Å². The van der Waals surface area contributed by atoms with E-state index < -0.39 is 0 Å². The lowest BCUT2D eigenvalue weighted by Crippen LogP contribution is -2.36. The Morgan fingerprint density at radius 1 is 1.27 bits per heavy atom. The van der Waals surface area contributed by atoms with Crippen LogP contribution in [0.3, 0.4) is 0 Å². The van der Waals surface area contributed by atoms with Crippen molar-refractivity contribution in [2.24, 2.45) is 4.99 Å². The molecule has 0 fully saturated rings. The van der Waals surface area contributed by atoms with Gasteiger partial charge in [0.05, 0.1) is 17.0 Å². The molecule has 0 unspecified atom stereocenters. The Labute approximate surface area is 151 Å². The summed E-state index contributed by atoms with van der Waals surface area (Å²) in [6, 6.07) is 2.06. The van der Waals surface area contributed by atoms with Gasteiger partial charge in [-0.3, -0.25) is 0 Å². The van der Waals surface area contributed by atoms with Gasteiger partial charge in [0.25, 0.3) is 0 Å². The number of likely N-dealkylation sites (N-methyl/N-ethyl adjacent to an activating group) is 1. The number of aromatic nitrogens is 3. The molecule has 1 aliphatic carbocycles. The van der Waals surface area contributed by atoms with Gasteiger partial charge in [-0.1, -0.05) is 6.08 Å². The highest BCUT2D eigenvalue weighted by atomic mass is 19.1. The van der Waals surface area contributed by atoms with Gasteiger partial charge in [-0.15, -0.1) is 0 Å². The molecule has 0 amide bonds. The normalized spacial score (nSPS) is 20.5. The van der Waals surface area contributed by atoms with Gasteiger partial charge in [0.1, 0.15) is 11.6 Å². The molecule has 2 aliphatic rings. The molecule has 2 aromatic rings. The van der Waals surface area contributed by atoms with Crippen molar-refractivity contribution >= 4 is 23.2 Å². The smallest absolute Gasteiger partial charge is 0.137 e. The van der Waals surface area contributed by atoms with Gasteiger partial charge in [0.2, 0.25) is 0 Å². The summed E-state index contributed by atoms with van der Waals surface area (Å²) in [7, 11) is 4.13. The molecule has 1 N–H and O–H groups in total. The van der Waals surface area contributed by atoms with Crippen molar-refractivity contribution in [3.8, 4) is 0 Å². The van der Waals surface area contributed by atoms with Crippen LogP contribution in [0.2, 0.25) is 0 Å². The number of H-pyrrole nitrogens is 1. The maximum Gasteiger partial charge on any atom is 0.137 e. The Morgan fingerprint density at radius 3 is 2.92 bits per heavy atom. The van der Waals surface area contributed by atoms with Crippen LogP contribution < -0.4 is 10.7 Å². The summed E-state index contributed by atoms with van der Waals surface area (Å²) in [6.45, 7) is 1.76. The molecule has 0 aromatic carbocycles. The van der Waals surface area contributed by atoms with Gasteiger partial charge in [-0.05, 0) is 49.9 Å². The molecule has 0 atom stereocenters. The van der Waals surface area contributed by atoms with Gasteiger partial charge >= 0.3 is 0 Å². The monoisotopic (exact) mass is 351 g/mol. The first-order valence-electron chi connectivity index (χ1n) is 8.79. The molecule has 1 aliphatic heterocycles. The van der Waals surface area contributed by atoms with Crippen LogP contribution in [-0.2, 0) is 6.54 Å². The molecule has 0 saturated carbocycles. The molecule has 0 spiro atoms. The fourth-order valence-corrected chi connectivity index (χ4v) is 3.38. The van der Waals surface area contributed by atoms with Crippen molar-refractivity contribution in [3.63, 3.8) is 0 Å². The lowest BCUT2D eigenvalue weighted by molar-refractivity contribution is 0.381. The Balaban J connectivity index is 1.97. The van der Waals surface area contributed by atoms with Crippen LogP contribution >= 0.6 is 0 Å². The van der Waals surface area contributed by atoms with E-state index >= 15 is 0 Å². The van der Waals surface area contributed by atoms with Crippen molar-refractivity contribution in [1.29, 1.82) is 0 Å². The molecule has 6 heteroatoms. The standard InChI is InChI=1S/C20H22FN5/c1-25(2)11-12-26-13-24-18(14-3-5-15(21)6-4-14)19(26)16-7-9-22-20-17(16)8-10-23-20/h3,5-6,8-10,13,23H,4,7,11-12H2,1-2H3. The second kappa shape index (κ2) is 6.88. The van der Waals surface area contributed by atoms with Crippen LogP contribution in [0.1, 0.15) is 18.4 Å². The lowest BCUT2D eigenvalue weighted by Gasteiger charge is -2.14. The van der Waals surface area contributed by atoms with E-state index in [0.29, 0.717) is 6.42 Å². The molecule has 4 rings (SSSR count). The number of halogens is 1. The van der Waals surface area contributed by atoms with Crippen LogP contribution in [0.25, 0.3) is 11.1 Å². The SMILES string of the molecule is CN(C)CCn1cnc(=C2C=CC(F)=CC2)c1=C1CC=Nc2[nH]ccc21. The van der Waals surface area contributed by atoms with Crippen LogP contribution in [0.5, 0.6) is 0 Å². The molecule has 3 heterocycles. The number of nitrogens with one attached hydrogen (secondary N) is 1. The van der Waals surface area contributed by atoms with Crippen LogP contribution in [0.4, 0.5) is 10.2 Å². The summed E-state index contributed by atoms with van der Waals surface area (Å²) in [4.78, 5) is 14.5. The molecule has 0 bridgehead atoms. The third kappa shape index (κ3) is 3.08. The number of nitrogens with zero attached hydrogens (tertiary/aromatic N) is 4. The van der Waals surface area contributed by atoms with Crippen LogP contribution in [0, 0.1) is 0 Å². The number of aliphatic imine (C=N–C) groups is 1. The largest absolute Gasteiger partial charge is 0.346 e. The lowest BCUT2D eigenvalue weighted by atomic mass is 10.0. The second-order valence-electron chi connectivity index (χ2n) is 6.82. The third-order valence-corrected chi connectivity index (χ3v) is 4.74. The fourth-order valence-electron chi connectivity index (χ4n) is 3.38. The highest BCUT2D eigenvalue weighted by molar-refractivity contribution is 5.88. The average Bonchev–Trinajstić information content (AvgIpc) is 3.27. The quantitative estimate of drug-likeness (QED) is 0.920. The predicted octanol–water partition coefficient (Wildman–Crippen LogP) is 2.04. The third-order valence-electron chi connectivity index (χ3n) is 4.74. The van der Waals surface area contributed by atoms with E-state index in [0.717, 1.165) is 47.2 Å². The first-order chi connectivity index (χ1) is 12.6. The van der Waals surface area contributed by atoms with Gasteiger partial charge in [0.15, 0.2) is 0 Å². The maximum atomic E-state index is 13.4. The van der Waals surface area contributed by atoms with Crippen molar-refractivity contribution < 1.29 is 4.39 Å².